The lowest BCUT2D eigenvalue weighted by molar-refractivity contribution is -0.144. The molecule has 0 aromatic rings. The molecule has 0 N–H and O–H groups in total. The van der Waals surface area contributed by atoms with E-state index in [2.05, 4.69) is 0 Å². The van der Waals surface area contributed by atoms with Crippen LogP contribution in [0.5, 0.6) is 0 Å². The standard InChI is InChI=1S/C8H11NO3/c1-7(6-11-2)12-8(10)4-3-5-9/h3-4,7H,6H2,1-2H3. The average Bonchev–Trinajstić information content (AvgIpc) is 2.01. The van der Waals surface area contributed by atoms with Gasteiger partial charge in [0.05, 0.1) is 12.7 Å². The fourth-order valence-electron chi connectivity index (χ4n) is 0.612. The van der Waals surface area contributed by atoms with E-state index in [1.54, 1.807) is 13.0 Å². The highest BCUT2D eigenvalue weighted by Crippen LogP contribution is 1.92. The zero-order chi connectivity index (χ0) is 9.40. The molecule has 0 spiro atoms. The molecule has 0 amide bonds. The van der Waals surface area contributed by atoms with E-state index in [4.69, 9.17) is 14.7 Å². The molecule has 1 atom stereocenters. The van der Waals surface area contributed by atoms with Gasteiger partial charge in [0.15, 0.2) is 0 Å². The number of hydrogen-bond donors (Lipinski definition) is 0. The summed E-state index contributed by atoms with van der Waals surface area (Å²) in [6, 6.07) is 1.69. The van der Waals surface area contributed by atoms with Crippen molar-refractivity contribution in [2.45, 2.75) is 13.0 Å². The lowest BCUT2D eigenvalue weighted by atomic mass is 10.4. The number of rotatable bonds is 4. The van der Waals surface area contributed by atoms with Gasteiger partial charge in [-0.3, -0.25) is 0 Å². The maximum Gasteiger partial charge on any atom is 0.331 e. The summed E-state index contributed by atoms with van der Waals surface area (Å²) in [5, 5.41) is 8.08. The van der Waals surface area contributed by atoms with Gasteiger partial charge in [-0.05, 0) is 6.92 Å². The first-order valence-corrected chi connectivity index (χ1v) is 3.46. The third-order valence-electron chi connectivity index (χ3n) is 1.01. The first-order valence-electron chi connectivity index (χ1n) is 3.46. The average molecular weight is 169 g/mol. The Kier molecular flexibility index (Phi) is 5.66. The van der Waals surface area contributed by atoms with Gasteiger partial charge in [0.2, 0.25) is 0 Å². The summed E-state index contributed by atoms with van der Waals surface area (Å²) in [7, 11) is 1.52. The van der Waals surface area contributed by atoms with Gasteiger partial charge in [0.1, 0.15) is 6.10 Å². The van der Waals surface area contributed by atoms with Gasteiger partial charge in [0, 0.05) is 19.3 Å². The highest BCUT2D eigenvalue weighted by molar-refractivity contribution is 5.82. The SMILES string of the molecule is COCC(C)OC(=O)C=CC#N. The summed E-state index contributed by atoms with van der Waals surface area (Å²) < 4.78 is 9.53. The van der Waals surface area contributed by atoms with Crippen molar-refractivity contribution in [3.8, 4) is 6.07 Å². The van der Waals surface area contributed by atoms with Crippen molar-refractivity contribution in [2.24, 2.45) is 0 Å². The first kappa shape index (κ1) is 10.7. The van der Waals surface area contributed by atoms with E-state index in [0.29, 0.717) is 6.61 Å². The highest BCUT2D eigenvalue weighted by Gasteiger charge is 2.04. The van der Waals surface area contributed by atoms with Crippen molar-refractivity contribution in [3.05, 3.63) is 12.2 Å². The van der Waals surface area contributed by atoms with Gasteiger partial charge in [-0.15, -0.1) is 0 Å². The Bertz CT molecular complexity index is 205. The van der Waals surface area contributed by atoms with E-state index in [-0.39, 0.29) is 6.10 Å². The minimum atomic E-state index is -0.527. The van der Waals surface area contributed by atoms with Gasteiger partial charge >= 0.3 is 5.97 Å². The van der Waals surface area contributed by atoms with Crippen LogP contribution in [0.2, 0.25) is 0 Å². The van der Waals surface area contributed by atoms with E-state index in [1.165, 1.54) is 7.11 Å². The van der Waals surface area contributed by atoms with E-state index < -0.39 is 5.97 Å². The quantitative estimate of drug-likeness (QED) is 0.352. The summed E-state index contributed by atoms with van der Waals surface area (Å²) in [6.07, 6.45) is 1.86. The maximum absolute atomic E-state index is 10.8. The molecule has 0 aliphatic rings. The van der Waals surface area contributed by atoms with Crippen LogP contribution < -0.4 is 0 Å². The molecule has 0 aliphatic carbocycles. The Morgan fingerprint density at radius 1 is 1.75 bits per heavy atom. The van der Waals surface area contributed by atoms with Crippen LogP contribution in [0.3, 0.4) is 0 Å². The third-order valence-corrected chi connectivity index (χ3v) is 1.01. The minimum absolute atomic E-state index is 0.286. The number of carbonyl (C=O) groups is 1. The van der Waals surface area contributed by atoms with Crippen molar-refractivity contribution in [1.29, 1.82) is 5.26 Å². The number of methoxy groups -OCH3 is 1. The van der Waals surface area contributed by atoms with E-state index >= 15 is 0 Å². The van der Waals surface area contributed by atoms with Crippen molar-refractivity contribution < 1.29 is 14.3 Å². The molecule has 0 radical (unpaired) electrons. The summed E-state index contributed by atoms with van der Waals surface area (Å²) in [6.45, 7) is 2.06. The third kappa shape index (κ3) is 5.45. The van der Waals surface area contributed by atoms with Crippen LogP contribution >= 0.6 is 0 Å². The summed E-state index contributed by atoms with van der Waals surface area (Å²) in [5.74, 6) is -0.527. The zero-order valence-electron chi connectivity index (χ0n) is 7.11. The maximum atomic E-state index is 10.8. The van der Waals surface area contributed by atoms with Gasteiger partial charge in [-0.1, -0.05) is 0 Å². The summed E-state index contributed by atoms with van der Waals surface area (Å²) >= 11 is 0. The molecule has 0 aromatic heterocycles. The summed E-state index contributed by atoms with van der Waals surface area (Å²) in [5.41, 5.74) is 0. The Balaban J connectivity index is 3.70. The molecule has 0 aliphatic heterocycles. The van der Waals surface area contributed by atoms with Crippen LogP contribution in [0, 0.1) is 11.3 Å². The Morgan fingerprint density at radius 2 is 2.42 bits per heavy atom. The molecule has 0 heterocycles. The van der Waals surface area contributed by atoms with Crippen LogP contribution in [-0.2, 0) is 14.3 Å². The number of esters is 1. The molecule has 0 bridgehead atoms. The van der Waals surface area contributed by atoms with Crippen LogP contribution in [0.1, 0.15) is 6.92 Å². The molecular formula is C8H11NO3. The van der Waals surface area contributed by atoms with Crippen LogP contribution in [-0.4, -0.2) is 25.8 Å². The second-order valence-corrected chi connectivity index (χ2v) is 2.17. The molecule has 0 saturated heterocycles. The molecule has 0 aromatic carbocycles. The Labute approximate surface area is 71.4 Å². The predicted molar refractivity (Wildman–Crippen MR) is 42.2 cm³/mol. The molecule has 12 heavy (non-hydrogen) atoms. The molecule has 4 nitrogen and oxygen atoms in total. The van der Waals surface area contributed by atoms with Gasteiger partial charge < -0.3 is 9.47 Å². The first-order chi connectivity index (χ1) is 5.70. The monoisotopic (exact) mass is 169 g/mol. The van der Waals surface area contributed by atoms with Gasteiger partial charge in [-0.2, -0.15) is 5.26 Å². The van der Waals surface area contributed by atoms with Crippen LogP contribution in [0.15, 0.2) is 12.2 Å². The molecule has 0 fully saturated rings. The molecule has 66 valence electrons. The molecule has 0 rings (SSSR count). The van der Waals surface area contributed by atoms with E-state index in [0.717, 1.165) is 12.2 Å². The number of nitrogens with zero attached hydrogens (tertiary/aromatic N) is 1. The number of nitriles is 1. The van der Waals surface area contributed by atoms with Crippen LogP contribution in [0.4, 0.5) is 0 Å². The summed E-state index contributed by atoms with van der Waals surface area (Å²) in [4.78, 5) is 10.8. The van der Waals surface area contributed by atoms with Crippen molar-refractivity contribution in [1.82, 2.24) is 0 Å². The normalized spacial score (nSPS) is 12.4. The number of hydrogen-bond acceptors (Lipinski definition) is 4. The number of allylic oxidation sites excluding steroid dienone is 1. The second-order valence-electron chi connectivity index (χ2n) is 2.17. The van der Waals surface area contributed by atoms with E-state index in [1.807, 2.05) is 0 Å². The van der Waals surface area contributed by atoms with Crippen molar-refractivity contribution >= 4 is 5.97 Å². The molecule has 4 heteroatoms. The fraction of sp³-hybridized carbons (Fsp3) is 0.500. The van der Waals surface area contributed by atoms with E-state index in [9.17, 15) is 4.79 Å². The zero-order valence-corrected chi connectivity index (χ0v) is 7.11. The van der Waals surface area contributed by atoms with Crippen molar-refractivity contribution in [2.75, 3.05) is 13.7 Å². The second kappa shape index (κ2) is 6.38. The Hall–Kier alpha value is -1.34. The van der Waals surface area contributed by atoms with Crippen molar-refractivity contribution in [3.63, 3.8) is 0 Å². The topological polar surface area (TPSA) is 59.3 Å². The van der Waals surface area contributed by atoms with Gasteiger partial charge in [-0.25, -0.2) is 4.79 Å². The van der Waals surface area contributed by atoms with Gasteiger partial charge in [0.25, 0.3) is 0 Å². The lowest BCUT2D eigenvalue weighted by Gasteiger charge is -2.09. The minimum Gasteiger partial charge on any atom is -0.457 e. The highest BCUT2D eigenvalue weighted by atomic mass is 16.6. The number of ether oxygens (including phenoxy) is 2. The molecule has 0 saturated carbocycles. The lowest BCUT2D eigenvalue weighted by Crippen LogP contribution is -2.18. The number of carbonyl (C=O) groups excluding carboxylic acids is 1. The molecule has 1 unspecified atom stereocenters. The smallest absolute Gasteiger partial charge is 0.331 e. The van der Waals surface area contributed by atoms with Crippen LogP contribution in [0.25, 0.3) is 0 Å². The predicted octanol–water partition coefficient (Wildman–Crippen LogP) is 0.644. The fourth-order valence-corrected chi connectivity index (χ4v) is 0.612. The Morgan fingerprint density at radius 3 is 2.92 bits per heavy atom. The molecular weight excluding hydrogens is 158 g/mol. The largest absolute Gasteiger partial charge is 0.457 e.